The fourth-order valence-corrected chi connectivity index (χ4v) is 3.58. The van der Waals surface area contributed by atoms with Gasteiger partial charge in [0.15, 0.2) is 5.82 Å². The van der Waals surface area contributed by atoms with E-state index in [2.05, 4.69) is 10.1 Å². The zero-order chi connectivity index (χ0) is 19.9. The molecular weight excluding hydrogens is 368 g/mol. The number of ether oxygens (including phenoxy) is 5. The Kier molecular flexibility index (Phi) is 4.86. The van der Waals surface area contributed by atoms with E-state index in [9.17, 15) is 4.79 Å². The van der Waals surface area contributed by atoms with Crippen LogP contribution in [0.4, 0.5) is 10.6 Å². The second kappa shape index (κ2) is 7.19. The highest BCUT2D eigenvalue weighted by molar-refractivity contribution is 5.65. The molecule has 2 fully saturated rings. The van der Waals surface area contributed by atoms with Crippen molar-refractivity contribution >= 4 is 17.5 Å². The van der Waals surface area contributed by atoms with Gasteiger partial charge < -0.3 is 29.4 Å². The van der Waals surface area contributed by atoms with Crippen molar-refractivity contribution < 1.29 is 28.5 Å². The van der Waals surface area contributed by atoms with Crippen LogP contribution in [-0.2, 0) is 23.7 Å². The van der Waals surface area contributed by atoms with Crippen LogP contribution in [-0.4, -0.2) is 58.6 Å². The highest BCUT2D eigenvalue weighted by atomic mass is 16.8. The predicted molar refractivity (Wildman–Crippen MR) is 96.4 cm³/mol. The maximum Gasteiger partial charge on any atom is 0.508 e. The Hall–Kier alpha value is -2.43. The standard InChI is InChI=1S/C18H24N4O6/c1-10(2)6-24-17(23)25-7-18(3)15-14(26-9-27-15)13(28-18)11-4-5-12-16(19)20-8-21-22(11)12/h4-5,8,10,13-15H,6-7,9H2,1-3H3,(H2,19,20,21)/t13-,14-,15-,18+/m0/s1. The number of carbonyl (C=O) groups excluding carboxylic acids is 1. The molecule has 0 amide bonds. The van der Waals surface area contributed by atoms with Gasteiger partial charge in [0.05, 0.1) is 12.3 Å². The maximum absolute atomic E-state index is 11.9. The third-order valence-electron chi connectivity index (χ3n) is 4.92. The van der Waals surface area contributed by atoms with E-state index in [1.54, 1.807) is 4.52 Å². The summed E-state index contributed by atoms with van der Waals surface area (Å²) in [5.74, 6) is 0.599. The van der Waals surface area contributed by atoms with Crippen molar-refractivity contribution in [2.24, 2.45) is 5.92 Å². The Balaban J connectivity index is 1.53. The molecule has 28 heavy (non-hydrogen) atoms. The molecule has 4 heterocycles. The minimum absolute atomic E-state index is 0.0224. The number of aromatic nitrogens is 3. The van der Waals surface area contributed by atoms with Crippen molar-refractivity contribution in [3.8, 4) is 0 Å². The molecule has 4 rings (SSSR count). The third kappa shape index (κ3) is 3.27. The van der Waals surface area contributed by atoms with E-state index in [4.69, 9.17) is 29.4 Å². The number of hydrogen-bond acceptors (Lipinski definition) is 9. The van der Waals surface area contributed by atoms with Gasteiger partial charge in [0.25, 0.3) is 0 Å². The van der Waals surface area contributed by atoms with E-state index < -0.39 is 24.0 Å². The van der Waals surface area contributed by atoms with Crippen LogP contribution in [0.5, 0.6) is 0 Å². The first-order chi connectivity index (χ1) is 13.4. The van der Waals surface area contributed by atoms with E-state index in [0.29, 0.717) is 17.9 Å². The summed E-state index contributed by atoms with van der Waals surface area (Å²) in [5, 5.41) is 4.27. The van der Waals surface area contributed by atoms with Crippen LogP contribution >= 0.6 is 0 Å². The molecule has 2 aromatic rings. The van der Waals surface area contributed by atoms with Crippen molar-refractivity contribution in [2.45, 2.75) is 44.7 Å². The number of rotatable bonds is 5. The molecule has 2 aliphatic heterocycles. The molecule has 0 aromatic carbocycles. The van der Waals surface area contributed by atoms with Gasteiger partial charge in [-0.1, -0.05) is 13.8 Å². The molecule has 2 aromatic heterocycles. The number of carbonyl (C=O) groups is 1. The van der Waals surface area contributed by atoms with Crippen LogP contribution in [0.2, 0.25) is 0 Å². The zero-order valence-electron chi connectivity index (χ0n) is 16.0. The van der Waals surface area contributed by atoms with Crippen LogP contribution in [0, 0.1) is 5.92 Å². The number of nitrogens with two attached hydrogens (primary N) is 1. The van der Waals surface area contributed by atoms with Gasteiger partial charge >= 0.3 is 6.16 Å². The quantitative estimate of drug-likeness (QED) is 0.758. The summed E-state index contributed by atoms with van der Waals surface area (Å²) < 4.78 is 29.8. The Bertz CT molecular complexity index is 871. The summed E-state index contributed by atoms with van der Waals surface area (Å²) in [5.41, 5.74) is 6.46. The normalized spacial score (nSPS) is 29.4. The van der Waals surface area contributed by atoms with E-state index >= 15 is 0 Å². The lowest BCUT2D eigenvalue weighted by Crippen LogP contribution is -2.44. The molecule has 4 atom stereocenters. The van der Waals surface area contributed by atoms with Gasteiger partial charge in [-0.2, -0.15) is 5.10 Å². The Morgan fingerprint density at radius 1 is 1.39 bits per heavy atom. The van der Waals surface area contributed by atoms with Gasteiger partial charge in [0, 0.05) is 0 Å². The fourth-order valence-electron chi connectivity index (χ4n) is 3.58. The number of anilines is 1. The summed E-state index contributed by atoms with van der Waals surface area (Å²) in [6.07, 6.45) is -0.581. The number of nitrogen functional groups attached to an aromatic ring is 1. The van der Waals surface area contributed by atoms with Crippen molar-refractivity contribution in [3.63, 3.8) is 0 Å². The first-order valence-corrected chi connectivity index (χ1v) is 9.18. The summed E-state index contributed by atoms with van der Waals surface area (Å²) in [6, 6.07) is 3.70. The van der Waals surface area contributed by atoms with Crippen LogP contribution in [0.3, 0.4) is 0 Å². The van der Waals surface area contributed by atoms with Gasteiger partial charge in [-0.05, 0) is 25.0 Å². The number of nitrogens with zero attached hydrogens (tertiary/aromatic N) is 3. The number of hydrogen-bond donors (Lipinski definition) is 1. The Morgan fingerprint density at radius 3 is 3.00 bits per heavy atom. The molecule has 152 valence electrons. The van der Waals surface area contributed by atoms with Crippen LogP contribution in [0.25, 0.3) is 5.52 Å². The molecule has 0 aliphatic carbocycles. The second-order valence-corrected chi connectivity index (χ2v) is 7.63. The van der Waals surface area contributed by atoms with Crippen LogP contribution < -0.4 is 5.73 Å². The monoisotopic (exact) mass is 392 g/mol. The molecule has 10 heteroatoms. The topological polar surface area (TPSA) is 119 Å². The maximum atomic E-state index is 11.9. The number of fused-ring (bicyclic) bond motifs is 2. The first kappa shape index (κ1) is 18.9. The van der Waals surface area contributed by atoms with E-state index in [-0.39, 0.29) is 25.4 Å². The lowest BCUT2D eigenvalue weighted by Gasteiger charge is -2.27. The van der Waals surface area contributed by atoms with Crippen LogP contribution in [0.1, 0.15) is 32.6 Å². The molecule has 0 bridgehead atoms. The van der Waals surface area contributed by atoms with Gasteiger partial charge in [0.2, 0.25) is 0 Å². The SMILES string of the molecule is CC(C)COC(=O)OC[C@@]1(C)O[C@@H](c2ccc3c(N)ncnn23)[C@@H]2OCO[C@@H]21. The van der Waals surface area contributed by atoms with Crippen molar-refractivity contribution in [3.05, 3.63) is 24.2 Å². The molecule has 2 saturated heterocycles. The van der Waals surface area contributed by atoms with E-state index in [1.807, 2.05) is 32.9 Å². The highest BCUT2D eigenvalue weighted by Crippen LogP contribution is 2.46. The average Bonchev–Trinajstić information content (AvgIpc) is 3.35. The van der Waals surface area contributed by atoms with E-state index in [0.717, 1.165) is 5.69 Å². The third-order valence-corrected chi connectivity index (χ3v) is 4.92. The highest BCUT2D eigenvalue weighted by Gasteiger charge is 2.58. The summed E-state index contributed by atoms with van der Waals surface area (Å²) in [7, 11) is 0. The minimum Gasteiger partial charge on any atom is -0.434 e. The molecule has 10 nitrogen and oxygen atoms in total. The fraction of sp³-hybridized carbons (Fsp3) is 0.611. The minimum atomic E-state index is -0.897. The lowest BCUT2D eigenvalue weighted by atomic mass is 9.97. The summed E-state index contributed by atoms with van der Waals surface area (Å²) >= 11 is 0. The molecule has 2 aliphatic rings. The molecule has 0 saturated carbocycles. The largest absolute Gasteiger partial charge is 0.508 e. The van der Waals surface area contributed by atoms with Gasteiger partial charge in [-0.15, -0.1) is 0 Å². The van der Waals surface area contributed by atoms with Crippen molar-refractivity contribution in [1.29, 1.82) is 0 Å². The smallest absolute Gasteiger partial charge is 0.434 e. The van der Waals surface area contributed by atoms with Gasteiger partial charge in [-0.25, -0.2) is 14.3 Å². The Morgan fingerprint density at radius 2 is 2.21 bits per heavy atom. The molecular formula is C18H24N4O6. The van der Waals surface area contributed by atoms with Crippen molar-refractivity contribution in [2.75, 3.05) is 25.7 Å². The summed E-state index contributed by atoms with van der Waals surface area (Å²) in [4.78, 5) is 15.9. The second-order valence-electron chi connectivity index (χ2n) is 7.63. The Labute approximate surface area is 161 Å². The van der Waals surface area contributed by atoms with E-state index in [1.165, 1.54) is 6.33 Å². The average molecular weight is 392 g/mol. The molecule has 0 unspecified atom stereocenters. The van der Waals surface area contributed by atoms with Gasteiger partial charge in [-0.3, -0.25) is 0 Å². The zero-order valence-corrected chi connectivity index (χ0v) is 16.0. The first-order valence-electron chi connectivity index (χ1n) is 9.18. The summed E-state index contributed by atoms with van der Waals surface area (Å²) in [6.45, 7) is 6.14. The van der Waals surface area contributed by atoms with Gasteiger partial charge in [0.1, 0.15) is 49.2 Å². The van der Waals surface area contributed by atoms with Crippen LogP contribution in [0.15, 0.2) is 18.5 Å². The molecule has 0 spiro atoms. The lowest BCUT2D eigenvalue weighted by molar-refractivity contribution is -0.143. The van der Waals surface area contributed by atoms with Crippen molar-refractivity contribution in [1.82, 2.24) is 14.6 Å². The molecule has 0 radical (unpaired) electrons. The molecule has 2 N–H and O–H groups in total. The predicted octanol–water partition coefficient (Wildman–Crippen LogP) is 1.69.